The Labute approximate surface area is 57.6 Å². The molecule has 56 valence electrons. The van der Waals surface area contributed by atoms with Crippen molar-refractivity contribution in [1.29, 1.82) is 0 Å². The van der Waals surface area contributed by atoms with Crippen molar-refractivity contribution in [2.75, 3.05) is 19.6 Å². The van der Waals surface area contributed by atoms with E-state index >= 15 is 0 Å². The molecule has 0 saturated heterocycles. The summed E-state index contributed by atoms with van der Waals surface area (Å²) in [7, 11) is 0. The van der Waals surface area contributed by atoms with Gasteiger partial charge in [0.1, 0.15) is 0 Å². The van der Waals surface area contributed by atoms with Crippen molar-refractivity contribution in [2.24, 2.45) is 0 Å². The molecule has 0 aliphatic carbocycles. The van der Waals surface area contributed by atoms with Crippen LogP contribution < -0.4 is 0 Å². The van der Waals surface area contributed by atoms with Crippen LogP contribution in [0.15, 0.2) is 0 Å². The molecule has 0 saturated carbocycles. The maximum atomic E-state index is 11.4. The van der Waals surface area contributed by atoms with Gasteiger partial charge in [0.2, 0.25) is 0 Å². The lowest BCUT2D eigenvalue weighted by Crippen LogP contribution is -2.41. The van der Waals surface area contributed by atoms with Gasteiger partial charge < -0.3 is 9.85 Å². The van der Waals surface area contributed by atoms with E-state index < -0.39 is 0 Å². The lowest BCUT2D eigenvalue weighted by molar-refractivity contribution is -0.877. The van der Waals surface area contributed by atoms with Gasteiger partial charge in [-0.3, -0.25) is 0 Å². The topological polar surface area (TPSA) is 23.1 Å². The highest BCUT2D eigenvalue weighted by atomic mass is 16.5. The van der Waals surface area contributed by atoms with Gasteiger partial charge in [-0.15, -0.1) is 0 Å². The van der Waals surface area contributed by atoms with Crippen molar-refractivity contribution in [3.63, 3.8) is 0 Å². The van der Waals surface area contributed by atoms with Crippen molar-refractivity contribution in [3.05, 3.63) is 5.21 Å². The van der Waals surface area contributed by atoms with E-state index in [4.69, 9.17) is 0 Å². The largest absolute Gasteiger partial charge is 0.633 e. The van der Waals surface area contributed by atoms with Gasteiger partial charge in [0, 0.05) is 0 Å². The minimum absolute atomic E-state index is 0.0174. The molecule has 0 rings (SSSR count). The molecular formula is C7H17NO. The van der Waals surface area contributed by atoms with Crippen molar-refractivity contribution >= 4 is 0 Å². The SMILES string of the molecule is CCC[N+]([O-])(CC)CC. The van der Waals surface area contributed by atoms with Crippen LogP contribution in [0.1, 0.15) is 27.2 Å². The van der Waals surface area contributed by atoms with Gasteiger partial charge in [0.15, 0.2) is 0 Å². The number of rotatable bonds is 4. The summed E-state index contributed by atoms with van der Waals surface area (Å²) < 4.78 is -0.0174. The van der Waals surface area contributed by atoms with Crippen LogP contribution >= 0.6 is 0 Å². The summed E-state index contributed by atoms with van der Waals surface area (Å²) in [5.74, 6) is 0. The molecule has 0 aromatic carbocycles. The molecule has 0 bridgehead atoms. The van der Waals surface area contributed by atoms with Crippen LogP contribution in [-0.4, -0.2) is 24.3 Å². The number of hydrogen-bond donors (Lipinski definition) is 0. The molecule has 0 N–H and O–H groups in total. The summed E-state index contributed by atoms with van der Waals surface area (Å²) in [4.78, 5) is 0. The van der Waals surface area contributed by atoms with E-state index in [-0.39, 0.29) is 4.65 Å². The first-order valence-electron chi connectivity index (χ1n) is 3.75. The van der Waals surface area contributed by atoms with Crippen LogP contribution in [0.4, 0.5) is 0 Å². The van der Waals surface area contributed by atoms with Crippen molar-refractivity contribution in [2.45, 2.75) is 27.2 Å². The summed E-state index contributed by atoms with van der Waals surface area (Å²) in [6, 6.07) is 0. The zero-order valence-electron chi connectivity index (χ0n) is 6.68. The fraction of sp³-hybridized carbons (Fsp3) is 1.00. The summed E-state index contributed by atoms with van der Waals surface area (Å²) >= 11 is 0. The predicted molar refractivity (Wildman–Crippen MR) is 39.9 cm³/mol. The van der Waals surface area contributed by atoms with Crippen LogP contribution in [0.2, 0.25) is 0 Å². The van der Waals surface area contributed by atoms with E-state index in [0.29, 0.717) is 13.1 Å². The number of quaternary nitrogens is 1. The number of hydroxylamine groups is 3. The minimum atomic E-state index is -0.0174. The first-order chi connectivity index (χ1) is 4.18. The average molecular weight is 131 g/mol. The number of nitrogens with zero attached hydrogens (tertiary/aromatic N) is 1. The molecule has 0 spiro atoms. The van der Waals surface area contributed by atoms with E-state index in [2.05, 4.69) is 6.92 Å². The summed E-state index contributed by atoms with van der Waals surface area (Å²) in [6.07, 6.45) is 0.991. The van der Waals surface area contributed by atoms with Crippen LogP contribution in [0.3, 0.4) is 0 Å². The predicted octanol–water partition coefficient (Wildman–Crippen LogP) is 1.75. The van der Waals surface area contributed by atoms with Gasteiger partial charge in [-0.05, 0) is 20.3 Å². The second-order valence-electron chi connectivity index (χ2n) is 2.41. The smallest absolute Gasteiger partial charge is 0.0781 e. The zero-order chi connectivity index (χ0) is 7.33. The van der Waals surface area contributed by atoms with E-state index in [9.17, 15) is 5.21 Å². The maximum absolute atomic E-state index is 11.4. The molecule has 0 heterocycles. The Morgan fingerprint density at radius 1 is 1.11 bits per heavy atom. The summed E-state index contributed by atoms with van der Waals surface area (Å²) in [5.41, 5.74) is 0. The third-order valence-corrected chi connectivity index (χ3v) is 1.78. The lowest BCUT2D eigenvalue weighted by atomic mass is 10.4. The average Bonchev–Trinajstić information content (AvgIpc) is 1.89. The van der Waals surface area contributed by atoms with E-state index in [1.807, 2.05) is 13.8 Å². The Kier molecular flexibility index (Phi) is 3.82. The second-order valence-corrected chi connectivity index (χ2v) is 2.41. The summed E-state index contributed by atoms with van der Waals surface area (Å²) in [6.45, 7) is 8.15. The van der Waals surface area contributed by atoms with Crippen LogP contribution in [0, 0.1) is 5.21 Å². The third-order valence-electron chi connectivity index (χ3n) is 1.78. The Morgan fingerprint density at radius 3 is 1.67 bits per heavy atom. The molecule has 0 aromatic heterocycles. The van der Waals surface area contributed by atoms with E-state index in [1.54, 1.807) is 0 Å². The summed E-state index contributed by atoms with van der Waals surface area (Å²) in [5, 5.41) is 11.4. The molecule has 2 heteroatoms. The Hall–Kier alpha value is -0.0800. The van der Waals surface area contributed by atoms with Gasteiger partial charge in [0.25, 0.3) is 0 Å². The molecule has 0 atom stereocenters. The Balaban J connectivity index is 3.62. The second kappa shape index (κ2) is 3.85. The molecule has 0 aliphatic rings. The van der Waals surface area contributed by atoms with Gasteiger partial charge in [-0.1, -0.05) is 6.92 Å². The lowest BCUT2D eigenvalue weighted by Gasteiger charge is -2.40. The van der Waals surface area contributed by atoms with Gasteiger partial charge in [-0.25, -0.2) is 0 Å². The fourth-order valence-electron chi connectivity index (χ4n) is 0.947. The third kappa shape index (κ3) is 2.82. The monoisotopic (exact) mass is 131 g/mol. The standard InChI is InChI=1S/C7H17NO/c1-4-7-8(9,5-2)6-3/h4-7H2,1-3H3. The first kappa shape index (κ1) is 8.92. The van der Waals surface area contributed by atoms with Gasteiger partial charge >= 0.3 is 0 Å². The van der Waals surface area contributed by atoms with Crippen LogP contribution in [-0.2, 0) is 0 Å². The molecule has 0 aliphatic heterocycles. The van der Waals surface area contributed by atoms with Crippen LogP contribution in [0.25, 0.3) is 0 Å². The molecule has 0 unspecified atom stereocenters. The molecule has 2 nitrogen and oxygen atoms in total. The minimum Gasteiger partial charge on any atom is -0.633 e. The fourth-order valence-corrected chi connectivity index (χ4v) is 0.947. The highest BCUT2D eigenvalue weighted by Gasteiger charge is 2.07. The normalized spacial score (nSPS) is 12.0. The highest BCUT2D eigenvalue weighted by Crippen LogP contribution is 2.03. The highest BCUT2D eigenvalue weighted by molar-refractivity contribution is 4.36. The number of hydrogen-bond acceptors (Lipinski definition) is 1. The molecule has 0 fully saturated rings. The van der Waals surface area contributed by atoms with Gasteiger partial charge in [-0.2, -0.15) is 0 Å². The quantitative estimate of drug-likeness (QED) is 0.421. The molecule has 0 amide bonds. The van der Waals surface area contributed by atoms with Crippen molar-refractivity contribution in [3.8, 4) is 0 Å². The molecule has 0 radical (unpaired) electrons. The van der Waals surface area contributed by atoms with Gasteiger partial charge in [0.05, 0.1) is 19.6 Å². The zero-order valence-corrected chi connectivity index (χ0v) is 6.68. The maximum Gasteiger partial charge on any atom is 0.0781 e. The van der Waals surface area contributed by atoms with E-state index in [1.165, 1.54) is 0 Å². The Morgan fingerprint density at radius 2 is 1.56 bits per heavy atom. The first-order valence-corrected chi connectivity index (χ1v) is 3.75. The molecule has 0 aromatic rings. The van der Waals surface area contributed by atoms with Crippen LogP contribution in [0.5, 0.6) is 0 Å². The van der Waals surface area contributed by atoms with E-state index in [0.717, 1.165) is 13.0 Å². The molecule has 9 heavy (non-hydrogen) atoms. The Bertz CT molecular complexity index is 69.3. The van der Waals surface area contributed by atoms with Crippen molar-refractivity contribution in [1.82, 2.24) is 0 Å². The van der Waals surface area contributed by atoms with Crippen molar-refractivity contribution < 1.29 is 4.65 Å². The molecular weight excluding hydrogens is 114 g/mol.